The molecule has 3 aromatic carbocycles. The van der Waals surface area contributed by atoms with Gasteiger partial charge in [-0.2, -0.15) is 0 Å². The molecule has 0 aliphatic carbocycles. The van der Waals surface area contributed by atoms with E-state index >= 15 is 0 Å². The van der Waals surface area contributed by atoms with Gasteiger partial charge in [-0.15, -0.1) is 0 Å². The van der Waals surface area contributed by atoms with Gasteiger partial charge in [0.2, 0.25) is 0 Å². The fraction of sp³-hybridized carbons (Fsp3) is 0.250. The van der Waals surface area contributed by atoms with E-state index in [0.717, 1.165) is 11.0 Å². The highest BCUT2D eigenvalue weighted by atomic mass is 19.1. The van der Waals surface area contributed by atoms with E-state index in [9.17, 15) is 33.4 Å². The number of aliphatic hydroxyl groups is 1. The fourth-order valence-corrected chi connectivity index (χ4v) is 4.49. The Kier molecular flexibility index (Phi) is 7.63. The normalized spacial score (nSPS) is 14.4. The van der Waals surface area contributed by atoms with Crippen molar-refractivity contribution in [2.45, 2.75) is 25.4 Å². The van der Waals surface area contributed by atoms with E-state index in [-0.39, 0.29) is 48.2 Å². The number of methoxy groups -OCH3 is 1. The molecule has 0 aromatic heterocycles. The van der Waals surface area contributed by atoms with Crippen LogP contribution in [0.25, 0.3) is 11.1 Å². The summed E-state index contributed by atoms with van der Waals surface area (Å²) in [5, 5.41) is 20.3. The number of carbonyl (C=O) groups excluding carboxylic acids is 2. The molecule has 1 aliphatic rings. The lowest BCUT2D eigenvalue weighted by Crippen LogP contribution is -2.36. The van der Waals surface area contributed by atoms with Crippen LogP contribution in [0.4, 0.5) is 8.78 Å². The molecule has 1 heterocycles. The van der Waals surface area contributed by atoms with Crippen molar-refractivity contribution in [2.24, 2.45) is 5.92 Å². The molecule has 0 radical (unpaired) electrons. The Morgan fingerprint density at radius 1 is 0.919 bits per heavy atom. The molecular weight excluding hydrogens is 484 g/mol. The van der Waals surface area contributed by atoms with Crippen LogP contribution in [-0.2, 0) is 11.2 Å². The summed E-state index contributed by atoms with van der Waals surface area (Å²) >= 11 is 0. The number of rotatable bonds is 10. The number of carbonyl (C=O) groups is 3. The Morgan fingerprint density at radius 3 is 2.19 bits per heavy atom. The number of carboxylic acid groups (broad SMARTS) is 1. The van der Waals surface area contributed by atoms with E-state index in [0.29, 0.717) is 11.1 Å². The van der Waals surface area contributed by atoms with Crippen LogP contribution in [0, 0.1) is 17.6 Å². The van der Waals surface area contributed by atoms with E-state index in [1.807, 2.05) is 0 Å². The first kappa shape index (κ1) is 26.0. The molecule has 3 aromatic rings. The van der Waals surface area contributed by atoms with Crippen molar-refractivity contribution < 1.29 is 38.1 Å². The lowest BCUT2D eigenvalue weighted by atomic mass is 9.92. The van der Waals surface area contributed by atoms with Gasteiger partial charge in [-0.3, -0.25) is 19.3 Å². The van der Waals surface area contributed by atoms with Crippen molar-refractivity contribution in [3.8, 4) is 16.9 Å². The minimum absolute atomic E-state index is 0.0318. The van der Waals surface area contributed by atoms with Crippen molar-refractivity contribution in [1.29, 1.82) is 0 Å². The highest BCUT2D eigenvalue weighted by Crippen LogP contribution is 2.29. The number of aliphatic carboxylic acids is 1. The maximum absolute atomic E-state index is 14.5. The Bertz CT molecular complexity index is 1320. The lowest BCUT2D eigenvalue weighted by Gasteiger charge is -2.22. The minimum Gasteiger partial charge on any atom is -0.494 e. The number of aryl methyl sites for hydroxylation is 1. The molecule has 0 fully saturated rings. The molecule has 4 rings (SSSR count). The molecule has 1 unspecified atom stereocenters. The number of amides is 2. The molecule has 0 spiro atoms. The first-order valence-corrected chi connectivity index (χ1v) is 11.7. The van der Waals surface area contributed by atoms with Gasteiger partial charge >= 0.3 is 5.97 Å². The molecule has 37 heavy (non-hydrogen) atoms. The Morgan fingerprint density at radius 2 is 1.59 bits per heavy atom. The predicted octanol–water partition coefficient (Wildman–Crippen LogP) is 4.32. The van der Waals surface area contributed by atoms with Crippen LogP contribution in [0.2, 0.25) is 0 Å². The van der Waals surface area contributed by atoms with Gasteiger partial charge in [0, 0.05) is 12.1 Å². The summed E-state index contributed by atoms with van der Waals surface area (Å²) in [6, 6.07) is 14.7. The highest BCUT2D eigenvalue weighted by molar-refractivity contribution is 6.21. The number of imide groups is 1. The van der Waals surface area contributed by atoms with E-state index in [4.69, 9.17) is 4.74 Å². The van der Waals surface area contributed by atoms with Crippen LogP contribution in [-0.4, -0.2) is 52.7 Å². The third-order valence-corrected chi connectivity index (χ3v) is 6.55. The second kappa shape index (κ2) is 10.9. The number of nitrogens with zero attached hydrogens (tertiary/aromatic N) is 1. The monoisotopic (exact) mass is 509 g/mol. The van der Waals surface area contributed by atoms with Crippen molar-refractivity contribution in [3.05, 3.63) is 89.0 Å². The lowest BCUT2D eigenvalue weighted by molar-refractivity contribution is -0.146. The molecular formula is C28H25F2NO6. The van der Waals surface area contributed by atoms with Crippen LogP contribution in [0.5, 0.6) is 5.75 Å². The number of ether oxygens (including phenoxy) is 1. The smallest absolute Gasteiger partial charge is 0.309 e. The van der Waals surface area contributed by atoms with Gasteiger partial charge in [0.25, 0.3) is 11.8 Å². The first-order valence-electron chi connectivity index (χ1n) is 11.7. The summed E-state index contributed by atoms with van der Waals surface area (Å²) in [4.78, 5) is 37.9. The maximum atomic E-state index is 14.5. The largest absolute Gasteiger partial charge is 0.494 e. The minimum atomic E-state index is -1.28. The van der Waals surface area contributed by atoms with Crippen LogP contribution in [0.3, 0.4) is 0 Å². The van der Waals surface area contributed by atoms with Crippen molar-refractivity contribution in [3.63, 3.8) is 0 Å². The number of carboxylic acids is 1. The maximum Gasteiger partial charge on any atom is 0.309 e. The topological polar surface area (TPSA) is 104 Å². The zero-order valence-corrected chi connectivity index (χ0v) is 20.0. The fourth-order valence-electron chi connectivity index (χ4n) is 4.49. The molecule has 9 heteroatoms. The second-order valence-corrected chi connectivity index (χ2v) is 8.81. The zero-order valence-electron chi connectivity index (χ0n) is 20.0. The van der Waals surface area contributed by atoms with Crippen molar-refractivity contribution >= 4 is 17.8 Å². The number of fused-ring (bicyclic) bond motifs is 1. The standard InChI is InChI=1S/C28H25F2NO6/c1-37-25-11-8-17(15-23(25)30)21-14-16(6-9-22(21)29)7-10-24(32)20(28(35)36)12-13-31-26(33)18-4-2-3-5-19(18)27(31)34/h2-6,8-9,11,14-15,20,24,32H,7,10,12-13H2,1H3,(H,35,36)/t20?,24-/m1/s1. The molecule has 1 aliphatic heterocycles. The average Bonchev–Trinajstić information content (AvgIpc) is 3.13. The van der Waals surface area contributed by atoms with Gasteiger partial charge in [-0.05, 0) is 66.8 Å². The molecule has 2 N–H and O–H groups in total. The van der Waals surface area contributed by atoms with E-state index in [2.05, 4.69) is 0 Å². The van der Waals surface area contributed by atoms with Crippen LogP contribution in [0.1, 0.15) is 39.1 Å². The van der Waals surface area contributed by atoms with Gasteiger partial charge in [-0.25, -0.2) is 8.78 Å². The van der Waals surface area contributed by atoms with Crippen LogP contribution >= 0.6 is 0 Å². The summed E-state index contributed by atoms with van der Waals surface area (Å²) in [5.41, 5.74) is 1.63. The van der Waals surface area contributed by atoms with Gasteiger partial charge in [0.15, 0.2) is 11.6 Å². The molecule has 0 saturated carbocycles. The predicted molar refractivity (Wildman–Crippen MR) is 130 cm³/mol. The molecule has 0 bridgehead atoms. The van der Waals surface area contributed by atoms with Gasteiger partial charge < -0.3 is 14.9 Å². The Labute approximate surface area is 211 Å². The summed E-state index contributed by atoms with van der Waals surface area (Å²) in [6.07, 6.45) is -1.13. The number of aliphatic hydroxyl groups excluding tert-OH is 1. The molecule has 192 valence electrons. The summed E-state index contributed by atoms with van der Waals surface area (Å²) in [7, 11) is 1.33. The third kappa shape index (κ3) is 5.36. The van der Waals surface area contributed by atoms with Crippen LogP contribution in [0.15, 0.2) is 60.7 Å². The van der Waals surface area contributed by atoms with E-state index in [1.54, 1.807) is 12.1 Å². The first-order chi connectivity index (χ1) is 17.7. The SMILES string of the molecule is COc1ccc(-c2cc(CC[C@@H](O)C(CCN3C(=O)c4ccccc4C3=O)C(=O)O)ccc2F)cc1F. The van der Waals surface area contributed by atoms with Gasteiger partial charge in [0.05, 0.1) is 30.3 Å². The summed E-state index contributed by atoms with van der Waals surface area (Å²) in [5.74, 6) is -4.62. The molecule has 2 atom stereocenters. The van der Waals surface area contributed by atoms with Crippen LogP contribution < -0.4 is 4.74 Å². The van der Waals surface area contributed by atoms with Crippen molar-refractivity contribution in [1.82, 2.24) is 4.90 Å². The summed E-state index contributed by atoms with van der Waals surface area (Å²) in [6.45, 7) is -0.149. The van der Waals surface area contributed by atoms with Gasteiger partial charge in [0.1, 0.15) is 5.82 Å². The Balaban J connectivity index is 1.41. The number of hydrogen-bond acceptors (Lipinski definition) is 5. The average molecular weight is 510 g/mol. The summed E-state index contributed by atoms with van der Waals surface area (Å²) < 4.78 is 33.5. The van der Waals surface area contributed by atoms with E-state index in [1.165, 1.54) is 49.6 Å². The van der Waals surface area contributed by atoms with Gasteiger partial charge in [-0.1, -0.05) is 24.3 Å². The number of benzene rings is 3. The highest BCUT2D eigenvalue weighted by Gasteiger charge is 2.36. The molecule has 7 nitrogen and oxygen atoms in total. The quantitative estimate of drug-likeness (QED) is 0.395. The van der Waals surface area contributed by atoms with E-state index < -0.39 is 41.4 Å². The number of hydrogen-bond donors (Lipinski definition) is 2. The van der Waals surface area contributed by atoms with Crippen molar-refractivity contribution in [2.75, 3.05) is 13.7 Å². The Hall–Kier alpha value is -4.11. The zero-order chi connectivity index (χ0) is 26.7. The molecule has 2 amide bonds. The molecule has 0 saturated heterocycles. The second-order valence-electron chi connectivity index (χ2n) is 8.81. The third-order valence-electron chi connectivity index (χ3n) is 6.55. The number of halogens is 2.